The lowest BCUT2D eigenvalue weighted by molar-refractivity contribution is 0.283. The molecule has 0 aliphatic carbocycles. The number of benzene rings is 3. The lowest BCUT2D eigenvalue weighted by atomic mass is 9.89. The van der Waals surface area contributed by atoms with Crippen molar-refractivity contribution in [3.05, 3.63) is 89.0 Å². The molecular weight excluding hydrogens is 366 g/mol. The SMILES string of the molecule is COc1cc2c(cc1OCc1ccccc1)C(c1ccc(SC)cc1)NCC2. The van der Waals surface area contributed by atoms with Crippen molar-refractivity contribution in [1.29, 1.82) is 0 Å². The van der Waals surface area contributed by atoms with E-state index in [4.69, 9.17) is 9.47 Å². The van der Waals surface area contributed by atoms with Crippen LogP contribution in [0.15, 0.2) is 71.6 Å². The molecule has 0 bridgehead atoms. The number of rotatable bonds is 6. The summed E-state index contributed by atoms with van der Waals surface area (Å²) in [7, 11) is 1.71. The van der Waals surface area contributed by atoms with Crippen molar-refractivity contribution in [2.75, 3.05) is 19.9 Å². The van der Waals surface area contributed by atoms with Crippen molar-refractivity contribution >= 4 is 11.8 Å². The molecule has 3 nitrogen and oxygen atoms in total. The van der Waals surface area contributed by atoms with Gasteiger partial charge in [-0.3, -0.25) is 0 Å². The van der Waals surface area contributed by atoms with Gasteiger partial charge in [-0.15, -0.1) is 11.8 Å². The first-order valence-electron chi connectivity index (χ1n) is 9.53. The molecule has 0 saturated heterocycles. The Kier molecular flexibility index (Phi) is 5.89. The summed E-state index contributed by atoms with van der Waals surface area (Å²) in [5.74, 6) is 1.59. The van der Waals surface area contributed by atoms with Crippen LogP contribution >= 0.6 is 11.8 Å². The minimum Gasteiger partial charge on any atom is -0.493 e. The second kappa shape index (κ2) is 8.72. The monoisotopic (exact) mass is 391 g/mol. The zero-order valence-electron chi connectivity index (χ0n) is 16.3. The predicted molar refractivity (Wildman–Crippen MR) is 116 cm³/mol. The quantitative estimate of drug-likeness (QED) is 0.583. The highest BCUT2D eigenvalue weighted by molar-refractivity contribution is 7.98. The second-order valence-corrected chi connectivity index (χ2v) is 7.77. The third kappa shape index (κ3) is 4.03. The summed E-state index contributed by atoms with van der Waals surface area (Å²) >= 11 is 1.76. The van der Waals surface area contributed by atoms with Crippen LogP contribution in [0.4, 0.5) is 0 Å². The predicted octanol–water partition coefficient (Wildman–Crippen LogP) is 5.23. The van der Waals surface area contributed by atoms with Gasteiger partial charge in [0.25, 0.3) is 0 Å². The van der Waals surface area contributed by atoms with Crippen molar-refractivity contribution < 1.29 is 9.47 Å². The smallest absolute Gasteiger partial charge is 0.162 e. The Morgan fingerprint density at radius 2 is 1.79 bits per heavy atom. The highest BCUT2D eigenvalue weighted by Gasteiger charge is 2.24. The first-order valence-corrected chi connectivity index (χ1v) is 10.8. The van der Waals surface area contributed by atoms with E-state index in [9.17, 15) is 0 Å². The third-order valence-electron chi connectivity index (χ3n) is 5.17. The van der Waals surface area contributed by atoms with E-state index in [0.29, 0.717) is 6.61 Å². The number of methoxy groups -OCH3 is 1. The van der Waals surface area contributed by atoms with Crippen LogP contribution in [0.5, 0.6) is 11.5 Å². The zero-order valence-corrected chi connectivity index (χ0v) is 17.1. The maximum atomic E-state index is 6.14. The van der Waals surface area contributed by atoms with Crippen molar-refractivity contribution in [3.63, 3.8) is 0 Å². The maximum Gasteiger partial charge on any atom is 0.162 e. The summed E-state index contributed by atoms with van der Waals surface area (Å²) in [6, 6.07) is 23.5. The molecule has 4 rings (SSSR count). The minimum absolute atomic E-state index is 0.171. The lowest BCUT2D eigenvalue weighted by Crippen LogP contribution is -2.30. The molecule has 3 aromatic carbocycles. The Morgan fingerprint density at radius 1 is 1.00 bits per heavy atom. The van der Waals surface area contributed by atoms with Gasteiger partial charge in [0.15, 0.2) is 11.5 Å². The summed E-state index contributed by atoms with van der Waals surface area (Å²) in [5.41, 5.74) is 5.01. The molecule has 0 saturated carbocycles. The van der Waals surface area contributed by atoms with E-state index in [1.807, 2.05) is 18.2 Å². The zero-order chi connectivity index (χ0) is 19.3. The first kappa shape index (κ1) is 18.9. The van der Waals surface area contributed by atoms with Crippen LogP contribution in [0.2, 0.25) is 0 Å². The molecule has 1 heterocycles. The largest absolute Gasteiger partial charge is 0.493 e. The van der Waals surface area contributed by atoms with Gasteiger partial charge in [0.2, 0.25) is 0 Å². The molecule has 0 fully saturated rings. The van der Waals surface area contributed by atoms with Crippen LogP contribution in [-0.4, -0.2) is 19.9 Å². The third-order valence-corrected chi connectivity index (χ3v) is 5.91. The van der Waals surface area contributed by atoms with Crippen molar-refractivity contribution in [1.82, 2.24) is 5.32 Å². The van der Waals surface area contributed by atoms with E-state index in [-0.39, 0.29) is 6.04 Å². The van der Waals surface area contributed by atoms with Gasteiger partial charge in [-0.2, -0.15) is 0 Å². The number of ether oxygens (including phenoxy) is 2. The highest BCUT2D eigenvalue weighted by atomic mass is 32.2. The normalized spacial score (nSPS) is 15.7. The van der Waals surface area contributed by atoms with E-state index in [1.54, 1.807) is 18.9 Å². The maximum absolute atomic E-state index is 6.14. The minimum atomic E-state index is 0.171. The van der Waals surface area contributed by atoms with Gasteiger partial charge in [-0.1, -0.05) is 42.5 Å². The van der Waals surface area contributed by atoms with Crippen LogP contribution in [0.3, 0.4) is 0 Å². The van der Waals surface area contributed by atoms with Gasteiger partial charge in [-0.05, 0) is 59.2 Å². The first-order chi connectivity index (χ1) is 13.8. The summed E-state index contributed by atoms with van der Waals surface area (Å²) in [6.45, 7) is 1.48. The number of thioether (sulfide) groups is 1. The van der Waals surface area contributed by atoms with E-state index < -0.39 is 0 Å². The van der Waals surface area contributed by atoms with Crippen LogP contribution in [0, 0.1) is 0 Å². The molecule has 0 radical (unpaired) electrons. The molecule has 1 aliphatic heterocycles. The van der Waals surface area contributed by atoms with Crippen LogP contribution < -0.4 is 14.8 Å². The van der Waals surface area contributed by atoms with Gasteiger partial charge < -0.3 is 14.8 Å². The molecule has 1 N–H and O–H groups in total. The highest BCUT2D eigenvalue weighted by Crippen LogP contribution is 2.38. The molecule has 0 amide bonds. The van der Waals surface area contributed by atoms with Crippen LogP contribution in [0.25, 0.3) is 0 Å². The van der Waals surface area contributed by atoms with Gasteiger partial charge in [0.1, 0.15) is 6.61 Å². The molecule has 4 heteroatoms. The molecule has 3 aromatic rings. The summed E-state index contributed by atoms with van der Waals surface area (Å²) in [4.78, 5) is 1.28. The van der Waals surface area contributed by atoms with E-state index in [0.717, 1.165) is 30.0 Å². The molecular formula is C24H25NO2S. The van der Waals surface area contributed by atoms with E-state index >= 15 is 0 Å². The van der Waals surface area contributed by atoms with Crippen LogP contribution in [-0.2, 0) is 13.0 Å². The van der Waals surface area contributed by atoms with Crippen molar-refractivity contribution in [2.24, 2.45) is 0 Å². The molecule has 1 atom stereocenters. The summed E-state index contributed by atoms with van der Waals surface area (Å²) in [6.07, 6.45) is 3.09. The number of fused-ring (bicyclic) bond motifs is 1. The molecule has 144 valence electrons. The fourth-order valence-corrected chi connectivity index (χ4v) is 4.07. The Hall–Kier alpha value is -2.43. The van der Waals surface area contributed by atoms with E-state index in [2.05, 4.69) is 60.1 Å². The van der Waals surface area contributed by atoms with Crippen molar-refractivity contribution in [3.8, 4) is 11.5 Å². The second-order valence-electron chi connectivity index (χ2n) is 6.89. The summed E-state index contributed by atoms with van der Waals surface area (Å²) < 4.78 is 11.8. The van der Waals surface area contributed by atoms with Crippen LogP contribution in [0.1, 0.15) is 28.3 Å². The van der Waals surface area contributed by atoms with Gasteiger partial charge in [0, 0.05) is 11.4 Å². The fraction of sp³-hybridized carbons (Fsp3) is 0.250. The number of hydrogen-bond donors (Lipinski definition) is 1. The topological polar surface area (TPSA) is 30.5 Å². The molecule has 28 heavy (non-hydrogen) atoms. The number of nitrogens with one attached hydrogen (secondary N) is 1. The van der Waals surface area contributed by atoms with Crippen molar-refractivity contribution in [2.45, 2.75) is 24.0 Å². The standard InChI is InChI=1S/C24H25NO2S/c1-26-22-14-19-12-13-25-24(18-8-10-20(28-2)11-9-18)21(19)15-23(22)27-16-17-6-4-3-5-7-17/h3-11,14-15,24-25H,12-13,16H2,1-2H3. The molecule has 1 unspecified atom stereocenters. The number of hydrogen-bond acceptors (Lipinski definition) is 4. The fourth-order valence-electron chi connectivity index (χ4n) is 3.67. The van der Waals surface area contributed by atoms with Gasteiger partial charge >= 0.3 is 0 Å². The molecule has 0 aromatic heterocycles. The Labute approximate surface area is 171 Å². The summed E-state index contributed by atoms with van der Waals surface area (Å²) in [5, 5.41) is 3.66. The lowest BCUT2D eigenvalue weighted by Gasteiger charge is -2.29. The van der Waals surface area contributed by atoms with E-state index in [1.165, 1.54) is 21.6 Å². The van der Waals surface area contributed by atoms with Gasteiger partial charge in [-0.25, -0.2) is 0 Å². The molecule has 0 spiro atoms. The average molecular weight is 392 g/mol. The molecule has 1 aliphatic rings. The van der Waals surface area contributed by atoms with Gasteiger partial charge in [0.05, 0.1) is 13.2 Å². The Morgan fingerprint density at radius 3 is 2.50 bits per heavy atom. The Bertz CT molecular complexity index is 925. The average Bonchev–Trinajstić information content (AvgIpc) is 2.77. The Balaban J connectivity index is 1.65.